The normalized spacial score (nSPS) is 10.5. The maximum atomic E-state index is 11.9. The fourth-order valence-corrected chi connectivity index (χ4v) is 3.20. The van der Waals surface area contributed by atoms with Crippen LogP contribution >= 0.6 is 11.8 Å². The molecule has 0 atom stereocenters. The van der Waals surface area contributed by atoms with E-state index in [2.05, 4.69) is 20.5 Å². The van der Waals surface area contributed by atoms with E-state index in [0.29, 0.717) is 17.5 Å². The number of nitrogens with one attached hydrogen (secondary N) is 1. The Kier molecular flexibility index (Phi) is 6.74. The number of ether oxygens (including phenoxy) is 1. The molecule has 0 fully saturated rings. The van der Waals surface area contributed by atoms with Crippen molar-refractivity contribution < 1.29 is 14.3 Å². The van der Waals surface area contributed by atoms with Crippen molar-refractivity contribution in [3.8, 4) is 11.4 Å². The van der Waals surface area contributed by atoms with Crippen LogP contribution in [0.1, 0.15) is 12.5 Å². The first kappa shape index (κ1) is 19.6. The molecule has 1 N–H and O–H groups in total. The molecule has 8 nitrogen and oxygen atoms in total. The number of pyridine rings is 1. The highest BCUT2D eigenvalue weighted by molar-refractivity contribution is 7.99. The molecule has 0 unspecified atom stereocenters. The van der Waals surface area contributed by atoms with E-state index in [9.17, 15) is 9.59 Å². The second-order valence-corrected chi connectivity index (χ2v) is 6.62. The number of alkyl carbamates (subject to hydrolysis) is 1. The molecule has 0 aliphatic carbocycles. The van der Waals surface area contributed by atoms with Crippen molar-refractivity contribution in [2.75, 3.05) is 12.4 Å². The number of nitrogens with zero attached hydrogens (tertiary/aromatic N) is 4. The molecular weight excluding hydrogens is 378 g/mol. The number of carbonyl (C=O) groups excluding carboxylic acids is 2. The lowest BCUT2D eigenvalue weighted by Gasteiger charge is -2.10. The molecule has 0 aliphatic rings. The Labute approximate surface area is 166 Å². The third kappa shape index (κ3) is 5.17. The Bertz CT molecular complexity index is 931. The van der Waals surface area contributed by atoms with Gasteiger partial charge in [0.1, 0.15) is 0 Å². The molecule has 2 amide bonds. The highest BCUT2D eigenvalue weighted by atomic mass is 32.2. The van der Waals surface area contributed by atoms with Crippen LogP contribution in [0.3, 0.4) is 0 Å². The summed E-state index contributed by atoms with van der Waals surface area (Å²) in [4.78, 5) is 27.4. The quantitative estimate of drug-likeness (QED) is 0.612. The Balaban J connectivity index is 1.79. The summed E-state index contributed by atoms with van der Waals surface area (Å²) in [6, 6.07) is 13.6. The molecule has 0 spiro atoms. The molecule has 2 heterocycles. The zero-order valence-electron chi connectivity index (χ0n) is 15.2. The van der Waals surface area contributed by atoms with Crippen molar-refractivity contribution in [2.45, 2.75) is 18.6 Å². The van der Waals surface area contributed by atoms with Crippen molar-refractivity contribution in [1.82, 2.24) is 25.1 Å². The van der Waals surface area contributed by atoms with Crippen LogP contribution in [0.4, 0.5) is 4.79 Å². The first-order valence-electron chi connectivity index (χ1n) is 8.64. The lowest BCUT2D eigenvalue weighted by atomic mass is 10.2. The molecule has 2 aromatic heterocycles. The molecule has 3 aromatic rings. The van der Waals surface area contributed by atoms with Gasteiger partial charge in [-0.1, -0.05) is 42.1 Å². The average Bonchev–Trinajstić information content (AvgIpc) is 3.10. The molecule has 9 heteroatoms. The predicted octanol–water partition coefficient (Wildman–Crippen LogP) is 2.75. The zero-order chi connectivity index (χ0) is 19.8. The van der Waals surface area contributed by atoms with Crippen LogP contribution < -0.4 is 5.32 Å². The van der Waals surface area contributed by atoms with Gasteiger partial charge in [0, 0.05) is 18.0 Å². The molecule has 1 aromatic carbocycles. The van der Waals surface area contributed by atoms with Gasteiger partial charge in [-0.3, -0.25) is 19.7 Å². The number of aromatic nitrogens is 4. The van der Waals surface area contributed by atoms with Gasteiger partial charge >= 0.3 is 6.09 Å². The summed E-state index contributed by atoms with van der Waals surface area (Å²) in [6.45, 7) is 2.41. The summed E-state index contributed by atoms with van der Waals surface area (Å²) in [5.74, 6) is 0.213. The predicted molar refractivity (Wildman–Crippen MR) is 105 cm³/mol. The average molecular weight is 397 g/mol. The summed E-state index contributed by atoms with van der Waals surface area (Å²) in [7, 11) is 0. The van der Waals surface area contributed by atoms with Crippen LogP contribution in [0, 0.1) is 0 Å². The Hall–Kier alpha value is -3.20. The number of carbonyl (C=O) groups is 2. The van der Waals surface area contributed by atoms with Gasteiger partial charge in [0.25, 0.3) is 0 Å². The molecule has 0 bridgehead atoms. The summed E-state index contributed by atoms with van der Waals surface area (Å²) < 4.78 is 6.63. The maximum Gasteiger partial charge on any atom is 0.413 e. The molecular formula is C19H19N5O3S. The standard InChI is InChI=1S/C19H19N5O3S/c1-2-27-19(26)21-16(25)13-28-18-23-22-17(15-9-6-10-20-11-15)24(18)12-14-7-4-3-5-8-14/h3-11H,2,12-13H2,1H3,(H,21,25,26). The van der Waals surface area contributed by atoms with Crippen molar-refractivity contribution in [3.63, 3.8) is 0 Å². The fraction of sp³-hybridized carbons (Fsp3) is 0.211. The fourth-order valence-electron chi connectivity index (χ4n) is 2.46. The highest BCUT2D eigenvalue weighted by Gasteiger charge is 2.17. The monoisotopic (exact) mass is 397 g/mol. The number of amides is 2. The van der Waals surface area contributed by atoms with Crippen LogP contribution in [0.2, 0.25) is 0 Å². The minimum absolute atomic E-state index is 0.0127. The highest BCUT2D eigenvalue weighted by Crippen LogP contribution is 2.24. The van der Waals surface area contributed by atoms with Crippen LogP contribution in [0.25, 0.3) is 11.4 Å². The van der Waals surface area contributed by atoms with Gasteiger partial charge in [-0.2, -0.15) is 0 Å². The number of hydrogen-bond donors (Lipinski definition) is 1. The van der Waals surface area contributed by atoms with Gasteiger partial charge < -0.3 is 4.74 Å². The van der Waals surface area contributed by atoms with Crippen molar-refractivity contribution in [1.29, 1.82) is 0 Å². The van der Waals surface area contributed by atoms with Crippen LogP contribution in [-0.4, -0.2) is 44.1 Å². The second-order valence-electron chi connectivity index (χ2n) is 5.68. The van der Waals surface area contributed by atoms with Gasteiger partial charge in [-0.25, -0.2) is 4.79 Å². The van der Waals surface area contributed by atoms with Gasteiger partial charge in [0.15, 0.2) is 11.0 Å². The van der Waals surface area contributed by atoms with Crippen molar-refractivity contribution in [2.24, 2.45) is 0 Å². The largest absolute Gasteiger partial charge is 0.450 e. The summed E-state index contributed by atoms with van der Waals surface area (Å²) >= 11 is 1.20. The molecule has 28 heavy (non-hydrogen) atoms. The summed E-state index contributed by atoms with van der Waals surface area (Å²) in [6.07, 6.45) is 2.65. The van der Waals surface area contributed by atoms with E-state index in [1.807, 2.05) is 47.0 Å². The summed E-state index contributed by atoms with van der Waals surface area (Å²) in [5, 5.41) is 11.2. The van der Waals surface area contributed by atoms with Gasteiger partial charge in [0.2, 0.25) is 5.91 Å². The van der Waals surface area contributed by atoms with Gasteiger partial charge in [-0.15, -0.1) is 10.2 Å². The van der Waals surface area contributed by atoms with Crippen LogP contribution in [-0.2, 0) is 16.1 Å². The van der Waals surface area contributed by atoms with Crippen LogP contribution in [0.15, 0.2) is 60.0 Å². The topological polar surface area (TPSA) is 99.0 Å². The molecule has 144 valence electrons. The third-order valence-electron chi connectivity index (χ3n) is 3.67. The lowest BCUT2D eigenvalue weighted by Crippen LogP contribution is -2.32. The Morgan fingerprint density at radius 3 is 2.68 bits per heavy atom. The van der Waals surface area contributed by atoms with E-state index in [4.69, 9.17) is 4.74 Å². The smallest absolute Gasteiger partial charge is 0.413 e. The molecule has 0 radical (unpaired) electrons. The van der Waals surface area contributed by atoms with Crippen molar-refractivity contribution in [3.05, 3.63) is 60.4 Å². The number of thioether (sulfide) groups is 1. The third-order valence-corrected chi connectivity index (χ3v) is 4.64. The number of imide groups is 1. The molecule has 3 rings (SSSR count). The van der Waals surface area contributed by atoms with E-state index in [1.54, 1.807) is 19.3 Å². The zero-order valence-corrected chi connectivity index (χ0v) is 16.1. The first-order chi connectivity index (χ1) is 13.7. The SMILES string of the molecule is CCOC(=O)NC(=O)CSc1nnc(-c2cccnc2)n1Cc1ccccc1. The summed E-state index contributed by atoms with van der Waals surface area (Å²) in [5.41, 5.74) is 1.90. The van der Waals surface area contributed by atoms with E-state index in [1.165, 1.54) is 11.8 Å². The van der Waals surface area contributed by atoms with Gasteiger partial charge in [0.05, 0.1) is 18.9 Å². The van der Waals surface area contributed by atoms with Crippen LogP contribution in [0.5, 0.6) is 0 Å². The Morgan fingerprint density at radius 2 is 1.96 bits per heavy atom. The first-order valence-corrected chi connectivity index (χ1v) is 9.63. The maximum absolute atomic E-state index is 11.9. The van der Waals surface area contributed by atoms with Gasteiger partial charge in [-0.05, 0) is 24.6 Å². The number of rotatable bonds is 7. The minimum Gasteiger partial charge on any atom is -0.450 e. The van der Waals surface area contributed by atoms with E-state index >= 15 is 0 Å². The van der Waals surface area contributed by atoms with E-state index in [-0.39, 0.29) is 12.4 Å². The molecule has 0 saturated heterocycles. The molecule has 0 aliphatic heterocycles. The molecule has 0 saturated carbocycles. The van der Waals surface area contributed by atoms with E-state index in [0.717, 1.165) is 11.1 Å². The number of benzene rings is 1. The number of hydrogen-bond acceptors (Lipinski definition) is 7. The van der Waals surface area contributed by atoms with Crippen molar-refractivity contribution >= 4 is 23.8 Å². The lowest BCUT2D eigenvalue weighted by molar-refractivity contribution is -0.117. The Morgan fingerprint density at radius 1 is 1.14 bits per heavy atom. The second kappa shape index (κ2) is 9.65. The minimum atomic E-state index is -0.755. The van der Waals surface area contributed by atoms with E-state index < -0.39 is 12.0 Å².